The second-order valence-corrected chi connectivity index (χ2v) is 7.90. The predicted octanol–water partition coefficient (Wildman–Crippen LogP) is 4.40. The van der Waals surface area contributed by atoms with Crippen LogP contribution in [-0.2, 0) is 24.7 Å². The second-order valence-electron chi connectivity index (χ2n) is 7.90. The van der Waals surface area contributed by atoms with Crippen molar-refractivity contribution in [2.24, 2.45) is 7.05 Å². The summed E-state index contributed by atoms with van der Waals surface area (Å²) in [5.41, 5.74) is 5.77. The summed E-state index contributed by atoms with van der Waals surface area (Å²) in [7, 11) is 3.71. The zero-order valence-electron chi connectivity index (χ0n) is 16.8. The van der Waals surface area contributed by atoms with Crippen molar-refractivity contribution in [2.75, 3.05) is 7.11 Å². The molecule has 0 radical (unpaired) electrons. The number of methoxy groups -OCH3 is 1. The van der Waals surface area contributed by atoms with Gasteiger partial charge in [-0.25, -0.2) is 0 Å². The Labute approximate surface area is 169 Å². The van der Waals surface area contributed by atoms with Gasteiger partial charge in [0, 0.05) is 40.7 Å². The summed E-state index contributed by atoms with van der Waals surface area (Å²) >= 11 is 0. The lowest BCUT2D eigenvalue weighted by molar-refractivity contribution is -0.121. The molecule has 1 aliphatic carbocycles. The first-order chi connectivity index (χ1) is 14.1. The number of fused-ring (bicyclic) bond motifs is 4. The van der Waals surface area contributed by atoms with Crippen LogP contribution in [-0.4, -0.2) is 22.6 Å². The maximum absolute atomic E-state index is 12.9. The smallest absolute Gasteiger partial charge is 0.225 e. The number of benzene rings is 2. The van der Waals surface area contributed by atoms with E-state index >= 15 is 0 Å². The molecule has 0 bridgehead atoms. The molecular formula is C24H25N3O2. The van der Waals surface area contributed by atoms with Crippen LogP contribution in [0.5, 0.6) is 5.75 Å². The van der Waals surface area contributed by atoms with Crippen LogP contribution in [0.15, 0.2) is 48.7 Å². The fraction of sp³-hybridized carbons (Fsp3) is 0.292. The third-order valence-corrected chi connectivity index (χ3v) is 6.08. The number of hydrogen-bond donors (Lipinski definition) is 2. The summed E-state index contributed by atoms with van der Waals surface area (Å²) in [6.07, 6.45) is 5.50. The van der Waals surface area contributed by atoms with Crippen LogP contribution in [0.4, 0.5) is 0 Å². The monoisotopic (exact) mass is 387 g/mol. The summed E-state index contributed by atoms with van der Waals surface area (Å²) in [5.74, 6) is 0.928. The molecule has 4 aromatic rings. The van der Waals surface area contributed by atoms with Gasteiger partial charge in [0.1, 0.15) is 5.75 Å². The number of ether oxygens (including phenoxy) is 1. The summed E-state index contributed by atoms with van der Waals surface area (Å²) in [5, 5.41) is 5.62. The van der Waals surface area contributed by atoms with Crippen molar-refractivity contribution >= 4 is 27.7 Å². The Kier molecular flexibility index (Phi) is 4.31. The lowest BCUT2D eigenvalue weighted by Gasteiger charge is -2.24. The van der Waals surface area contributed by atoms with Crippen LogP contribution < -0.4 is 10.1 Å². The highest BCUT2D eigenvalue weighted by Crippen LogP contribution is 2.36. The zero-order chi connectivity index (χ0) is 20.0. The molecule has 0 saturated heterocycles. The predicted molar refractivity (Wildman–Crippen MR) is 115 cm³/mol. The van der Waals surface area contributed by atoms with Crippen molar-refractivity contribution in [3.8, 4) is 5.75 Å². The molecule has 29 heavy (non-hydrogen) atoms. The van der Waals surface area contributed by atoms with Crippen LogP contribution >= 0.6 is 0 Å². The molecule has 1 aliphatic rings. The molecule has 1 amide bonds. The molecule has 1 atom stereocenters. The molecule has 0 unspecified atom stereocenters. The van der Waals surface area contributed by atoms with E-state index in [4.69, 9.17) is 4.74 Å². The molecule has 0 spiro atoms. The lowest BCUT2D eigenvalue weighted by Crippen LogP contribution is -2.32. The van der Waals surface area contributed by atoms with Crippen molar-refractivity contribution in [2.45, 2.75) is 31.7 Å². The number of carbonyl (C=O) groups is 1. The fourth-order valence-corrected chi connectivity index (χ4v) is 4.70. The second kappa shape index (κ2) is 6.99. The maximum atomic E-state index is 12.9. The molecule has 2 aromatic carbocycles. The van der Waals surface area contributed by atoms with Gasteiger partial charge in [0.2, 0.25) is 5.91 Å². The van der Waals surface area contributed by atoms with Gasteiger partial charge in [-0.15, -0.1) is 0 Å². The van der Waals surface area contributed by atoms with Crippen LogP contribution in [0.3, 0.4) is 0 Å². The van der Waals surface area contributed by atoms with Crippen molar-refractivity contribution in [1.29, 1.82) is 0 Å². The SMILES string of the molecule is COc1ccc2[nH]c3c(c2c1)CCC[C@H]3NC(=O)Cc1cn(C)c2ccccc12. The van der Waals surface area contributed by atoms with E-state index in [1.807, 2.05) is 25.2 Å². The van der Waals surface area contributed by atoms with Gasteiger partial charge in [-0.3, -0.25) is 4.79 Å². The van der Waals surface area contributed by atoms with Crippen LogP contribution in [0.1, 0.15) is 35.7 Å². The van der Waals surface area contributed by atoms with Gasteiger partial charge in [0.15, 0.2) is 0 Å². The standard InChI is InChI=1S/C24H25N3O2/c1-27-14-15(17-6-3-4-9-22(17)27)12-23(28)25-21-8-5-7-18-19-13-16(29-2)10-11-20(19)26-24(18)21/h3-4,6,9-11,13-14,21,26H,5,7-8,12H2,1-2H3,(H,25,28)/t21-/m1/s1. The van der Waals surface area contributed by atoms with Crippen LogP contribution in [0.2, 0.25) is 0 Å². The third-order valence-electron chi connectivity index (χ3n) is 6.08. The lowest BCUT2D eigenvalue weighted by atomic mass is 9.91. The number of aromatic amines is 1. The zero-order valence-corrected chi connectivity index (χ0v) is 16.8. The first kappa shape index (κ1) is 17.9. The third kappa shape index (κ3) is 3.07. The largest absolute Gasteiger partial charge is 0.497 e. The van der Waals surface area contributed by atoms with Gasteiger partial charge < -0.3 is 19.6 Å². The molecule has 5 heteroatoms. The van der Waals surface area contributed by atoms with Crippen molar-refractivity contribution in [3.63, 3.8) is 0 Å². The van der Waals surface area contributed by atoms with Crippen molar-refractivity contribution in [1.82, 2.24) is 14.9 Å². The Morgan fingerprint density at radius 1 is 1.24 bits per heavy atom. The van der Waals surface area contributed by atoms with Crippen LogP contribution in [0.25, 0.3) is 21.8 Å². The number of nitrogens with zero attached hydrogens (tertiary/aromatic N) is 1. The van der Waals surface area contributed by atoms with E-state index in [-0.39, 0.29) is 11.9 Å². The number of para-hydroxylation sites is 1. The molecule has 2 aromatic heterocycles. The minimum absolute atomic E-state index is 0.0274. The van der Waals surface area contributed by atoms with Gasteiger partial charge in [0.25, 0.3) is 0 Å². The van der Waals surface area contributed by atoms with E-state index < -0.39 is 0 Å². The number of aromatic nitrogens is 2. The van der Waals surface area contributed by atoms with Crippen molar-refractivity contribution < 1.29 is 9.53 Å². The summed E-state index contributed by atoms with van der Waals surface area (Å²) in [6.45, 7) is 0. The summed E-state index contributed by atoms with van der Waals surface area (Å²) in [6, 6.07) is 14.4. The van der Waals surface area contributed by atoms with Gasteiger partial charge in [-0.2, -0.15) is 0 Å². The summed E-state index contributed by atoms with van der Waals surface area (Å²) in [4.78, 5) is 16.5. The highest BCUT2D eigenvalue weighted by atomic mass is 16.5. The topological polar surface area (TPSA) is 59.0 Å². The number of nitrogens with one attached hydrogen (secondary N) is 2. The van der Waals surface area contributed by atoms with E-state index in [0.717, 1.165) is 52.7 Å². The molecule has 5 nitrogen and oxygen atoms in total. The minimum atomic E-state index is 0.0274. The van der Waals surface area contributed by atoms with E-state index in [0.29, 0.717) is 6.42 Å². The maximum Gasteiger partial charge on any atom is 0.225 e. The Bertz CT molecular complexity index is 1220. The van der Waals surface area contributed by atoms with Gasteiger partial charge in [-0.05, 0) is 54.7 Å². The summed E-state index contributed by atoms with van der Waals surface area (Å²) < 4.78 is 7.48. The van der Waals surface area contributed by atoms with Crippen LogP contribution in [0, 0.1) is 0 Å². The number of rotatable bonds is 4. The van der Waals surface area contributed by atoms with Gasteiger partial charge in [0.05, 0.1) is 19.6 Å². The fourth-order valence-electron chi connectivity index (χ4n) is 4.70. The Balaban J connectivity index is 1.41. The first-order valence-corrected chi connectivity index (χ1v) is 10.1. The molecule has 148 valence electrons. The Morgan fingerprint density at radius 3 is 2.97 bits per heavy atom. The Hall–Kier alpha value is -3.21. The average Bonchev–Trinajstić information content (AvgIpc) is 3.26. The van der Waals surface area contributed by atoms with Crippen molar-refractivity contribution in [3.05, 3.63) is 65.5 Å². The number of hydrogen-bond acceptors (Lipinski definition) is 2. The highest BCUT2D eigenvalue weighted by Gasteiger charge is 2.26. The van der Waals surface area contributed by atoms with E-state index in [2.05, 4.69) is 45.3 Å². The van der Waals surface area contributed by atoms with E-state index in [9.17, 15) is 4.79 Å². The number of amides is 1. The van der Waals surface area contributed by atoms with E-state index in [1.165, 1.54) is 10.9 Å². The first-order valence-electron chi connectivity index (χ1n) is 10.1. The normalized spacial score (nSPS) is 16.1. The van der Waals surface area contributed by atoms with Gasteiger partial charge >= 0.3 is 0 Å². The minimum Gasteiger partial charge on any atom is -0.497 e. The highest BCUT2D eigenvalue weighted by molar-refractivity contribution is 5.90. The molecule has 2 heterocycles. The molecule has 0 aliphatic heterocycles. The average molecular weight is 387 g/mol. The molecule has 0 fully saturated rings. The Morgan fingerprint density at radius 2 is 2.10 bits per heavy atom. The van der Waals surface area contributed by atoms with Gasteiger partial charge in [-0.1, -0.05) is 18.2 Å². The number of H-pyrrole nitrogens is 1. The molecular weight excluding hydrogens is 362 g/mol. The molecule has 2 N–H and O–H groups in total. The number of carbonyl (C=O) groups excluding carboxylic acids is 1. The quantitative estimate of drug-likeness (QED) is 0.545. The van der Waals surface area contributed by atoms with E-state index in [1.54, 1.807) is 7.11 Å². The molecule has 5 rings (SSSR count). The molecule has 0 saturated carbocycles. The number of aryl methyl sites for hydroxylation is 2.